The molecule has 0 N–H and O–H groups in total. The van der Waals surface area contributed by atoms with Gasteiger partial charge in [0, 0.05) is 26.0 Å². The van der Waals surface area contributed by atoms with E-state index >= 15 is 0 Å². The first-order valence-electron chi connectivity index (χ1n) is 12.9. The fourth-order valence-corrected chi connectivity index (χ4v) is 4.36. The maximum absolute atomic E-state index is 12.1. The van der Waals surface area contributed by atoms with Crippen LogP contribution in [-0.4, -0.2) is 62.1 Å². The summed E-state index contributed by atoms with van der Waals surface area (Å²) in [4.78, 5) is 27.4. The molecule has 210 valence electrons. The molecule has 0 atom stereocenters. The summed E-state index contributed by atoms with van der Waals surface area (Å²) in [6.45, 7) is 12.0. The van der Waals surface area contributed by atoms with Gasteiger partial charge in [0.25, 0.3) is 0 Å². The Kier molecular flexibility index (Phi) is 16.6. The molecule has 0 spiro atoms. The minimum Gasteiger partial charge on any atom is -0.380 e. The average Bonchev–Trinajstić information content (AvgIpc) is 2.94. The molecule has 2 amide bonds. The van der Waals surface area contributed by atoms with Crippen LogP contribution in [-0.2, 0) is 31.9 Å². The van der Waals surface area contributed by atoms with Crippen LogP contribution in [0.4, 0.5) is 5.69 Å². The van der Waals surface area contributed by atoms with E-state index in [0.29, 0.717) is 19.8 Å². The van der Waals surface area contributed by atoms with Gasteiger partial charge in [0.15, 0.2) is 0 Å². The predicted molar refractivity (Wildman–Crippen MR) is 159 cm³/mol. The number of para-hydroxylation sites is 1. The number of hydrogen-bond donors (Lipinski definition) is 0. The Balaban J connectivity index is 0.000000382. The van der Waals surface area contributed by atoms with E-state index in [2.05, 4.69) is 13.8 Å². The molecule has 2 aromatic carbocycles. The number of rotatable bonds is 13. The van der Waals surface area contributed by atoms with Crippen LogP contribution in [0, 0.1) is 0 Å². The zero-order valence-corrected chi connectivity index (χ0v) is 25.1. The molecule has 0 unspecified atom stereocenters. The number of nitrogens with zero attached hydrogens (tertiary/aromatic N) is 2. The van der Waals surface area contributed by atoms with Crippen LogP contribution in [0.15, 0.2) is 54.1 Å². The monoisotopic (exact) mass is 564 g/mol. The Morgan fingerprint density at radius 3 is 1.87 bits per heavy atom. The van der Waals surface area contributed by atoms with Gasteiger partial charge in [0.05, 0.1) is 12.3 Å². The highest BCUT2D eigenvalue weighted by Crippen LogP contribution is 2.27. The number of benzene rings is 2. The number of ether oxygens (including phenoxy) is 2. The molecule has 0 fully saturated rings. The van der Waals surface area contributed by atoms with Crippen LogP contribution in [0.5, 0.6) is 0 Å². The van der Waals surface area contributed by atoms with Crippen molar-refractivity contribution in [2.75, 3.05) is 50.3 Å². The first kappa shape index (κ1) is 33.6. The number of aryl methyl sites for hydroxylation is 2. The van der Waals surface area contributed by atoms with Gasteiger partial charge in [-0.25, -0.2) is 0 Å². The SMILES string of the molecule is CCOCCN(C(=O)CCl)C(=C(C)C)c1ccccc1.CCc1cccc(CC)c1N(COC)C(=O)CCl. The summed E-state index contributed by atoms with van der Waals surface area (Å²) in [5.74, 6) is -0.305. The van der Waals surface area contributed by atoms with Gasteiger partial charge in [-0.2, -0.15) is 0 Å². The number of allylic oxidation sites excluding steroid dienone is 1. The molecule has 38 heavy (non-hydrogen) atoms. The highest BCUT2D eigenvalue weighted by Gasteiger charge is 2.20. The van der Waals surface area contributed by atoms with Crippen molar-refractivity contribution in [2.45, 2.75) is 47.5 Å². The van der Waals surface area contributed by atoms with Gasteiger partial charge < -0.3 is 14.4 Å². The molecule has 0 heterocycles. The van der Waals surface area contributed by atoms with Crippen molar-refractivity contribution >= 4 is 46.4 Å². The van der Waals surface area contributed by atoms with E-state index in [1.54, 1.807) is 16.9 Å². The lowest BCUT2D eigenvalue weighted by Crippen LogP contribution is -2.35. The second-order valence-electron chi connectivity index (χ2n) is 8.60. The minimum absolute atomic E-state index is 0.0320. The van der Waals surface area contributed by atoms with E-state index in [0.717, 1.165) is 46.5 Å². The molecule has 6 nitrogen and oxygen atoms in total. The standard InChI is InChI=1S/C16H22ClNO2.C14H20ClNO2/c1-4-20-11-10-18(15(19)12-17)16(13(2)3)14-8-6-5-7-9-14;1-4-11-7-6-8-12(5-2)14(11)16(10-18-3)13(17)9-15/h5-9H,4,10-12H2,1-3H3;6-8H,4-5,9-10H2,1-3H3. The number of carbonyl (C=O) groups excluding carboxylic acids is 2. The van der Waals surface area contributed by atoms with E-state index in [9.17, 15) is 9.59 Å². The predicted octanol–water partition coefficient (Wildman–Crippen LogP) is 6.53. The number of alkyl halides is 2. The van der Waals surface area contributed by atoms with Crippen LogP contribution in [0.2, 0.25) is 0 Å². The lowest BCUT2D eigenvalue weighted by molar-refractivity contribution is -0.126. The number of halogens is 2. The summed E-state index contributed by atoms with van der Waals surface area (Å²) in [6.07, 6.45) is 1.75. The van der Waals surface area contributed by atoms with Gasteiger partial charge in [0.2, 0.25) is 11.8 Å². The molecule has 0 aliphatic carbocycles. The number of carbonyl (C=O) groups is 2. The van der Waals surface area contributed by atoms with Crippen molar-refractivity contribution < 1.29 is 19.1 Å². The molecular weight excluding hydrogens is 523 g/mol. The summed E-state index contributed by atoms with van der Waals surface area (Å²) in [6, 6.07) is 16.0. The molecule has 2 aromatic rings. The van der Waals surface area contributed by atoms with E-state index in [4.69, 9.17) is 32.7 Å². The Morgan fingerprint density at radius 2 is 1.42 bits per heavy atom. The Hall–Kier alpha value is -2.38. The van der Waals surface area contributed by atoms with E-state index in [1.165, 1.54) is 0 Å². The lowest BCUT2D eigenvalue weighted by atomic mass is 10.0. The van der Waals surface area contributed by atoms with Crippen molar-refractivity contribution in [1.29, 1.82) is 0 Å². The van der Waals surface area contributed by atoms with Crippen LogP contribution in [0.1, 0.15) is 51.3 Å². The number of amides is 2. The van der Waals surface area contributed by atoms with E-state index < -0.39 is 0 Å². The largest absolute Gasteiger partial charge is 0.380 e. The molecule has 0 aliphatic rings. The van der Waals surface area contributed by atoms with Gasteiger partial charge in [-0.15, -0.1) is 23.2 Å². The summed E-state index contributed by atoms with van der Waals surface area (Å²) < 4.78 is 10.5. The second kappa shape index (κ2) is 18.8. The smallest absolute Gasteiger partial charge is 0.243 e. The van der Waals surface area contributed by atoms with Crippen LogP contribution >= 0.6 is 23.2 Å². The van der Waals surface area contributed by atoms with Gasteiger partial charge >= 0.3 is 0 Å². The first-order valence-corrected chi connectivity index (χ1v) is 14.0. The third-order valence-electron chi connectivity index (χ3n) is 5.78. The summed E-state index contributed by atoms with van der Waals surface area (Å²) in [7, 11) is 1.58. The fraction of sp³-hybridized carbons (Fsp3) is 0.467. The quantitative estimate of drug-likeness (QED) is 0.158. The zero-order valence-electron chi connectivity index (χ0n) is 23.6. The van der Waals surface area contributed by atoms with Crippen molar-refractivity contribution in [3.05, 3.63) is 70.8 Å². The molecule has 0 aliphatic heterocycles. The van der Waals surface area contributed by atoms with Crippen molar-refractivity contribution in [3.63, 3.8) is 0 Å². The lowest BCUT2D eigenvalue weighted by Gasteiger charge is -2.26. The number of hydrogen-bond acceptors (Lipinski definition) is 4. The molecule has 2 rings (SSSR count). The van der Waals surface area contributed by atoms with E-state index in [-0.39, 0.29) is 30.3 Å². The first-order chi connectivity index (χ1) is 18.3. The number of methoxy groups -OCH3 is 1. The third kappa shape index (κ3) is 10.1. The molecule has 0 radical (unpaired) electrons. The van der Waals surface area contributed by atoms with Crippen LogP contribution in [0.3, 0.4) is 0 Å². The summed E-state index contributed by atoms with van der Waals surface area (Å²) in [5.41, 5.74) is 6.24. The minimum atomic E-state index is -0.130. The average molecular weight is 566 g/mol. The molecule has 0 saturated heterocycles. The highest BCUT2D eigenvalue weighted by molar-refractivity contribution is 6.29. The Labute approximate surface area is 238 Å². The van der Waals surface area contributed by atoms with Crippen molar-refractivity contribution in [3.8, 4) is 0 Å². The fourth-order valence-electron chi connectivity index (χ4n) is 4.07. The third-order valence-corrected chi connectivity index (χ3v) is 6.24. The zero-order chi connectivity index (χ0) is 28.5. The summed E-state index contributed by atoms with van der Waals surface area (Å²) >= 11 is 11.4. The number of anilines is 1. The maximum atomic E-state index is 12.1. The van der Waals surface area contributed by atoms with Gasteiger partial charge in [-0.1, -0.05) is 68.0 Å². The Bertz CT molecular complexity index is 1000. The van der Waals surface area contributed by atoms with Crippen molar-refractivity contribution in [2.24, 2.45) is 0 Å². The van der Waals surface area contributed by atoms with Gasteiger partial charge in [-0.3, -0.25) is 14.5 Å². The van der Waals surface area contributed by atoms with Gasteiger partial charge in [0.1, 0.15) is 18.5 Å². The Morgan fingerprint density at radius 1 is 0.842 bits per heavy atom. The van der Waals surface area contributed by atoms with Crippen LogP contribution in [0.25, 0.3) is 5.70 Å². The highest BCUT2D eigenvalue weighted by atomic mass is 35.5. The molecular formula is C30H42Cl2N2O4. The van der Waals surface area contributed by atoms with Crippen molar-refractivity contribution in [1.82, 2.24) is 4.90 Å². The van der Waals surface area contributed by atoms with Gasteiger partial charge in [-0.05, 0) is 50.3 Å². The summed E-state index contributed by atoms with van der Waals surface area (Å²) in [5, 5.41) is 0. The molecule has 0 saturated carbocycles. The van der Waals surface area contributed by atoms with E-state index in [1.807, 2.05) is 69.3 Å². The molecule has 0 bridgehead atoms. The second-order valence-corrected chi connectivity index (χ2v) is 9.13. The topological polar surface area (TPSA) is 59.1 Å². The molecule has 0 aromatic heterocycles. The molecule has 8 heteroatoms. The maximum Gasteiger partial charge on any atom is 0.243 e. The van der Waals surface area contributed by atoms with Crippen LogP contribution < -0.4 is 4.90 Å². The normalized spacial score (nSPS) is 10.3.